The monoisotopic (exact) mass is 1890 g/mol. The van der Waals surface area contributed by atoms with E-state index < -0.39 is 242 Å². The SMILES string of the molecule is CCCC[C@H]1C(=O)N(C)[C@@H](CCCC)C(=O)N[C@@H](CCCNC(=N)N)C(=O)N[C@H](C(=O)NCC(N)=O)CSCC(=O)N[C@@H](Cc2ccc(Cl)cc2)C(=O)N(C)[C@@H](C)C(O)N[C@@H](CC(N)=O)C(=O)N2CCC[C@H]2C(=O)N[C@@H](CN)C(=O)N[C@@H](CC(C)C)C(=O)N2C[C@H](O)CC2C(=O)N[C@@H](CCc2c[nH]c3ccccc23)C(=O)N[C@@H](CO)C(=O)N[C@@H](Cc2c[nH]c3ccccc23)C(=O)N1C. The van der Waals surface area contributed by atoms with Crippen LogP contribution in [-0.2, 0) is 96.0 Å². The number of nitrogens with one attached hydrogen (secondary N) is 14. The molecule has 0 bridgehead atoms. The van der Waals surface area contributed by atoms with Crippen LogP contribution >= 0.6 is 23.4 Å². The lowest BCUT2D eigenvalue weighted by molar-refractivity contribution is -0.149. The van der Waals surface area contributed by atoms with Gasteiger partial charge < -0.3 is 126 Å². The second-order valence-corrected chi connectivity index (χ2v) is 35.9. The number of hydrogen-bond donors (Lipinski definition) is 21. The number of hydrogen-bond acceptors (Lipinski definition) is 23. The number of para-hydroxylation sites is 2. The van der Waals surface area contributed by atoms with E-state index in [0.29, 0.717) is 58.3 Å². The van der Waals surface area contributed by atoms with Crippen LogP contribution < -0.4 is 81.4 Å². The van der Waals surface area contributed by atoms with E-state index in [4.69, 9.17) is 39.9 Å². The first kappa shape index (κ1) is 106. The minimum Gasteiger partial charge on any atom is -0.394 e. The molecule has 133 heavy (non-hydrogen) atoms. The number of carbonyl (C=O) groups is 16. The Morgan fingerprint density at radius 1 is 0.571 bits per heavy atom. The predicted molar refractivity (Wildman–Crippen MR) is 495 cm³/mol. The summed E-state index contributed by atoms with van der Waals surface area (Å²) in [5, 5.41) is 73.2. The Bertz CT molecular complexity index is 4930. The Labute approximate surface area is 780 Å². The molecule has 42 nitrogen and oxygen atoms in total. The maximum Gasteiger partial charge on any atom is 0.245 e. The second-order valence-electron chi connectivity index (χ2n) is 34.4. The number of thioether (sulfide) groups is 1. The molecule has 3 aliphatic rings. The number of aromatic amines is 2. The molecular formula is C89H130ClN23O19S. The Kier molecular flexibility index (Phi) is 41.0. The zero-order valence-corrected chi connectivity index (χ0v) is 77.9. The number of aryl methyl sites for hydroxylation is 1. The number of aliphatic hydroxyl groups is 3. The number of rotatable bonds is 26. The van der Waals surface area contributed by atoms with Crippen molar-refractivity contribution in [2.24, 2.45) is 28.9 Å². The van der Waals surface area contributed by atoms with E-state index in [0.717, 1.165) is 47.2 Å². The quantitative estimate of drug-likeness (QED) is 0.0151. The molecule has 5 heterocycles. The van der Waals surface area contributed by atoms with Gasteiger partial charge in [-0.2, -0.15) is 0 Å². The number of carbonyl (C=O) groups excluding carboxylic acids is 16. The molecule has 3 saturated heterocycles. The van der Waals surface area contributed by atoms with Gasteiger partial charge in [-0.3, -0.25) is 87.4 Å². The van der Waals surface area contributed by atoms with Crippen LogP contribution in [-0.4, -0.2) is 319 Å². The molecule has 2 aromatic heterocycles. The van der Waals surface area contributed by atoms with E-state index in [9.17, 15) is 58.5 Å². The molecule has 2 unspecified atom stereocenters. The summed E-state index contributed by atoms with van der Waals surface area (Å²) >= 11 is 7.04. The number of benzene rings is 3. The minimum absolute atomic E-state index is 0.00317. The average Bonchev–Trinajstić information content (AvgIpc) is 1.69. The fraction of sp³-hybridized carbons (Fsp3) is 0.562. The number of halogens is 1. The summed E-state index contributed by atoms with van der Waals surface area (Å²) in [6.07, 6.45) is 0.0858. The lowest BCUT2D eigenvalue weighted by Crippen LogP contribution is -2.62. The first-order valence-corrected chi connectivity index (χ1v) is 46.4. The fourth-order valence-corrected chi connectivity index (χ4v) is 17.5. The molecule has 8 rings (SSSR count). The van der Waals surface area contributed by atoms with E-state index in [1.54, 1.807) is 80.8 Å². The van der Waals surface area contributed by atoms with Crippen LogP contribution in [0.25, 0.3) is 21.8 Å². The van der Waals surface area contributed by atoms with Crippen molar-refractivity contribution in [1.82, 2.24) is 93.0 Å². The number of fused-ring (bicyclic) bond motifs is 4. The normalized spacial score (nSPS) is 25.6. The molecular weight excluding hydrogens is 1760 g/mol. The van der Waals surface area contributed by atoms with Crippen molar-refractivity contribution >= 4 is 146 Å². The van der Waals surface area contributed by atoms with E-state index in [1.165, 1.54) is 28.1 Å². The number of guanidine groups is 1. The lowest BCUT2D eigenvalue weighted by atomic mass is 10.00. The number of aliphatic hydroxyl groups excluding tert-OH is 3. The average molecular weight is 1890 g/mol. The van der Waals surface area contributed by atoms with Gasteiger partial charge in [0, 0.05) is 112 Å². The minimum atomic E-state index is -1.87. The molecule has 728 valence electrons. The van der Waals surface area contributed by atoms with Gasteiger partial charge in [-0.15, -0.1) is 11.8 Å². The molecule has 25 N–H and O–H groups in total. The van der Waals surface area contributed by atoms with Gasteiger partial charge >= 0.3 is 0 Å². The number of nitrogens with zero attached hydrogens (tertiary/aromatic N) is 5. The molecule has 44 heteroatoms. The Balaban J connectivity index is 1.18. The van der Waals surface area contributed by atoms with Gasteiger partial charge in [-0.05, 0) is 112 Å². The summed E-state index contributed by atoms with van der Waals surface area (Å²) in [4.78, 5) is 246. The number of primary amides is 2. The largest absolute Gasteiger partial charge is 0.394 e. The van der Waals surface area contributed by atoms with Gasteiger partial charge in [0.25, 0.3) is 0 Å². The maximum atomic E-state index is 15.7. The van der Waals surface area contributed by atoms with E-state index >= 15 is 33.6 Å². The van der Waals surface area contributed by atoms with Gasteiger partial charge in [0.2, 0.25) is 94.5 Å². The molecule has 0 saturated carbocycles. The van der Waals surface area contributed by atoms with Crippen molar-refractivity contribution in [2.45, 2.75) is 241 Å². The highest BCUT2D eigenvalue weighted by molar-refractivity contribution is 8.00. The Morgan fingerprint density at radius 3 is 1.74 bits per heavy atom. The van der Waals surface area contributed by atoms with Crippen LogP contribution in [0.1, 0.15) is 141 Å². The van der Waals surface area contributed by atoms with E-state index in [-0.39, 0.29) is 96.1 Å². The standard InChI is InChI=1S/C89H130ClN23O19S/c1-9-11-24-68-81(125)101-59(23-17-33-96-89(94)95)77(121)108-67(76(120)99-43-73(93)117)46-133-47-74(118)100-62(36-50-27-30-53(90)31-28-50)84(128)109(6)49(5)75(119)103-64(39-72(92)116)86(130)112-34-18-26-69(112)82(126)106-65(40-91)79(123)104-61(35-48(3)4)87(131)113-44-54(115)38-71(113)83(127)102-60(32-29-51-41-97-57-21-15-13-19-55(51)57)78(122)107-66(45-114)80(124)105-63(37-52-42-98-58-22-16-14-20-56(52)58)85(129)111(8)70(25-12-10-2)88(132)110(68)7/h13-16,19-22,27-28,30-31,41-42,48-49,54,59-71,75,97-98,103,114-115,119H,9-12,17-18,23-26,29,32-40,43-47,91H2,1-8H3,(H2,92,116)(H2,93,117)(H,99,120)(H,100,118)(H,101,125)(H,102,127)(H,104,123)(H,105,124)(H,106,126)(H,107,122)(H,108,121)(H4,94,95,96)/t49-,54+,59-,60-,61-,62-,63-,64-,65-,66-,67-,68-,69-,70-,71?,75?/m0/s1. The molecule has 0 spiro atoms. The van der Waals surface area contributed by atoms with E-state index in [1.807, 2.05) is 32.0 Å². The summed E-state index contributed by atoms with van der Waals surface area (Å²) < 4.78 is 0. The van der Waals surface area contributed by atoms with Crippen LogP contribution in [0.5, 0.6) is 0 Å². The zero-order chi connectivity index (χ0) is 97.6. The summed E-state index contributed by atoms with van der Waals surface area (Å²) in [6, 6.07) is -0.625. The molecule has 16 atom stereocenters. The smallest absolute Gasteiger partial charge is 0.245 e. The molecule has 0 radical (unpaired) electrons. The maximum absolute atomic E-state index is 15.7. The summed E-state index contributed by atoms with van der Waals surface area (Å²) in [5.74, 6) is -16.4. The van der Waals surface area contributed by atoms with Crippen LogP contribution in [0.15, 0.2) is 85.2 Å². The summed E-state index contributed by atoms with van der Waals surface area (Å²) in [5.41, 5.74) is 26.1. The van der Waals surface area contributed by atoms with Crippen molar-refractivity contribution in [3.8, 4) is 0 Å². The van der Waals surface area contributed by atoms with Gasteiger partial charge in [0.15, 0.2) is 5.96 Å². The van der Waals surface area contributed by atoms with Crippen molar-refractivity contribution in [2.75, 3.05) is 72.0 Å². The first-order valence-electron chi connectivity index (χ1n) is 44.9. The van der Waals surface area contributed by atoms with Crippen molar-refractivity contribution in [1.29, 1.82) is 5.41 Å². The highest BCUT2D eigenvalue weighted by atomic mass is 35.5. The van der Waals surface area contributed by atoms with Crippen molar-refractivity contribution in [3.05, 3.63) is 107 Å². The van der Waals surface area contributed by atoms with Crippen molar-refractivity contribution < 1.29 is 92.0 Å². The number of likely N-dealkylation sites (N-methyl/N-ethyl adjacent to an activating group) is 3. The summed E-state index contributed by atoms with van der Waals surface area (Å²) in [6.45, 7) is 5.64. The Morgan fingerprint density at radius 2 is 1.11 bits per heavy atom. The first-order chi connectivity index (χ1) is 63.3. The third kappa shape index (κ3) is 30.2. The highest BCUT2D eigenvalue weighted by Gasteiger charge is 2.47. The Hall–Kier alpha value is -12.0. The number of H-pyrrole nitrogens is 2. The molecule has 3 aliphatic heterocycles. The third-order valence-electron chi connectivity index (χ3n) is 24.0. The zero-order valence-electron chi connectivity index (χ0n) is 76.3. The number of aromatic nitrogens is 2. The van der Waals surface area contributed by atoms with Crippen LogP contribution in [0.3, 0.4) is 0 Å². The fourth-order valence-electron chi connectivity index (χ4n) is 16.5. The number of unbranched alkanes of at least 4 members (excludes halogenated alkanes) is 2. The topological polar surface area (TPSA) is 642 Å². The van der Waals surface area contributed by atoms with Crippen LogP contribution in [0.4, 0.5) is 0 Å². The van der Waals surface area contributed by atoms with Gasteiger partial charge in [-0.1, -0.05) is 114 Å². The third-order valence-corrected chi connectivity index (χ3v) is 25.3. The van der Waals surface area contributed by atoms with Gasteiger partial charge in [0.1, 0.15) is 78.7 Å². The molecule has 0 aliphatic carbocycles. The molecule has 3 fully saturated rings. The summed E-state index contributed by atoms with van der Waals surface area (Å²) in [7, 11) is 3.99. The van der Waals surface area contributed by atoms with E-state index in [2.05, 4.69) is 68.5 Å². The lowest BCUT2D eigenvalue weighted by Gasteiger charge is -2.36. The van der Waals surface area contributed by atoms with Crippen LogP contribution in [0.2, 0.25) is 5.02 Å². The second kappa shape index (κ2) is 51.3. The molecule has 5 aromatic rings. The number of amides is 16. The van der Waals surface area contributed by atoms with Gasteiger partial charge in [0.05, 0.1) is 43.5 Å². The molecule has 3 aromatic carbocycles. The van der Waals surface area contributed by atoms with Crippen molar-refractivity contribution in [3.63, 3.8) is 0 Å². The predicted octanol–water partition coefficient (Wildman–Crippen LogP) is -2.81. The van der Waals surface area contributed by atoms with Crippen LogP contribution in [0, 0.1) is 11.3 Å². The number of nitrogens with two attached hydrogens (primary N) is 4. The highest BCUT2D eigenvalue weighted by Crippen LogP contribution is 2.28. The molecule has 16 amide bonds. The van der Waals surface area contributed by atoms with Gasteiger partial charge in [-0.25, -0.2) is 0 Å².